The molecule has 1 heterocycles. The Labute approximate surface area is 113 Å². The van der Waals surface area contributed by atoms with Crippen molar-refractivity contribution in [2.75, 3.05) is 19.8 Å². The zero-order valence-electron chi connectivity index (χ0n) is 11.3. The summed E-state index contributed by atoms with van der Waals surface area (Å²) in [6, 6.07) is 0. The number of hydrogen-bond donors (Lipinski definition) is 1. The van der Waals surface area contributed by atoms with Gasteiger partial charge in [-0.3, -0.25) is 0 Å². The van der Waals surface area contributed by atoms with Gasteiger partial charge in [0.15, 0.2) is 0 Å². The minimum atomic E-state index is -2.43. The van der Waals surface area contributed by atoms with Crippen LogP contribution in [0.3, 0.4) is 0 Å². The molecule has 1 N–H and O–H groups in total. The van der Waals surface area contributed by atoms with Gasteiger partial charge in [0.05, 0.1) is 11.7 Å². The fourth-order valence-corrected chi connectivity index (χ4v) is 3.37. The number of ether oxygens (including phenoxy) is 2. The Morgan fingerprint density at radius 1 is 1.32 bits per heavy atom. The maximum atomic E-state index is 11.9. The predicted molar refractivity (Wildman–Crippen MR) is 67.3 cm³/mol. The van der Waals surface area contributed by atoms with Crippen LogP contribution in [0.5, 0.6) is 0 Å². The van der Waals surface area contributed by atoms with Gasteiger partial charge in [-0.05, 0) is 38.0 Å². The van der Waals surface area contributed by atoms with Crippen LogP contribution in [0.15, 0.2) is 0 Å². The van der Waals surface area contributed by atoms with Crippen LogP contribution in [-0.4, -0.2) is 43.1 Å². The molecule has 1 spiro atoms. The molecule has 0 aromatic rings. The molecule has 0 radical (unpaired) electrons. The molecule has 2 rings (SSSR count). The summed E-state index contributed by atoms with van der Waals surface area (Å²) in [5.41, 5.74) is -0.00622. The molecule has 0 aromatic carbocycles. The molecule has 1 saturated heterocycles. The van der Waals surface area contributed by atoms with Crippen molar-refractivity contribution in [1.82, 2.24) is 0 Å². The zero-order valence-corrected chi connectivity index (χ0v) is 11.3. The minimum absolute atomic E-state index is 0.00622. The van der Waals surface area contributed by atoms with Crippen LogP contribution in [0, 0.1) is 5.92 Å². The van der Waals surface area contributed by atoms with E-state index in [2.05, 4.69) is 0 Å². The molecular weight excluding hydrogens is 254 g/mol. The highest BCUT2D eigenvalue weighted by Crippen LogP contribution is 2.43. The summed E-state index contributed by atoms with van der Waals surface area (Å²) in [6.45, 7) is 0.375. The largest absolute Gasteiger partial charge is 0.393 e. The monoisotopic (exact) mass is 278 g/mol. The third-order valence-corrected chi connectivity index (χ3v) is 4.39. The average Bonchev–Trinajstić information content (AvgIpc) is 2.82. The highest BCUT2D eigenvalue weighted by molar-refractivity contribution is 4.92. The van der Waals surface area contributed by atoms with E-state index in [4.69, 9.17) is 9.47 Å². The molecule has 0 amide bonds. The van der Waals surface area contributed by atoms with E-state index in [0.717, 1.165) is 25.7 Å². The molecule has 19 heavy (non-hydrogen) atoms. The SMILES string of the molecule is OC(CCOCC(F)F)C1CCOC2(CCCC2)C1. The second-order valence-corrected chi connectivity index (χ2v) is 5.81. The van der Waals surface area contributed by atoms with Crippen LogP contribution in [-0.2, 0) is 9.47 Å². The van der Waals surface area contributed by atoms with Gasteiger partial charge in [-0.15, -0.1) is 0 Å². The van der Waals surface area contributed by atoms with Crippen molar-refractivity contribution in [3.8, 4) is 0 Å². The van der Waals surface area contributed by atoms with Crippen LogP contribution in [0.1, 0.15) is 44.9 Å². The molecule has 0 bridgehead atoms. The maximum Gasteiger partial charge on any atom is 0.261 e. The Morgan fingerprint density at radius 2 is 2.05 bits per heavy atom. The van der Waals surface area contributed by atoms with E-state index in [0.29, 0.717) is 13.0 Å². The van der Waals surface area contributed by atoms with Crippen LogP contribution in [0.2, 0.25) is 0 Å². The second-order valence-electron chi connectivity index (χ2n) is 5.81. The third kappa shape index (κ3) is 4.36. The van der Waals surface area contributed by atoms with Gasteiger partial charge in [-0.25, -0.2) is 8.78 Å². The molecule has 2 atom stereocenters. The van der Waals surface area contributed by atoms with Crippen LogP contribution >= 0.6 is 0 Å². The topological polar surface area (TPSA) is 38.7 Å². The minimum Gasteiger partial charge on any atom is -0.393 e. The fourth-order valence-electron chi connectivity index (χ4n) is 3.37. The van der Waals surface area contributed by atoms with E-state index in [-0.39, 0.29) is 18.1 Å². The molecule has 2 fully saturated rings. The summed E-state index contributed by atoms with van der Waals surface area (Å²) in [5, 5.41) is 10.2. The maximum absolute atomic E-state index is 11.9. The van der Waals surface area contributed by atoms with E-state index in [1.807, 2.05) is 0 Å². The smallest absolute Gasteiger partial charge is 0.261 e. The number of rotatable bonds is 6. The van der Waals surface area contributed by atoms with Gasteiger partial charge in [0.2, 0.25) is 0 Å². The zero-order chi connectivity index (χ0) is 13.7. The van der Waals surface area contributed by atoms with Gasteiger partial charge >= 0.3 is 0 Å². The lowest BCUT2D eigenvalue weighted by atomic mass is 9.81. The summed E-state index contributed by atoms with van der Waals surface area (Å²) in [4.78, 5) is 0. The first kappa shape index (κ1) is 15.1. The van der Waals surface area contributed by atoms with Crippen molar-refractivity contribution >= 4 is 0 Å². The Morgan fingerprint density at radius 3 is 2.74 bits per heavy atom. The third-order valence-electron chi connectivity index (χ3n) is 4.39. The highest BCUT2D eigenvalue weighted by atomic mass is 19.3. The normalized spacial score (nSPS) is 28.1. The number of aliphatic hydroxyl groups is 1. The number of aliphatic hydroxyl groups excluding tert-OH is 1. The molecular formula is C14H24F2O3. The first-order valence-electron chi connectivity index (χ1n) is 7.29. The van der Waals surface area contributed by atoms with Crippen LogP contribution in [0.4, 0.5) is 8.78 Å². The van der Waals surface area contributed by atoms with Crippen LogP contribution in [0.25, 0.3) is 0 Å². The number of alkyl halides is 2. The van der Waals surface area contributed by atoms with Gasteiger partial charge in [0.25, 0.3) is 6.43 Å². The fraction of sp³-hybridized carbons (Fsp3) is 1.00. The van der Waals surface area contributed by atoms with Crippen molar-refractivity contribution in [3.05, 3.63) is 0 Å². The quantitative estimate of drug-likeness (QED) is 0.759. The van der Waals surface area contributed by atoms with Gasteiger partial charge in [0, 0.05) is 13.2 Å². The lowest BCUT2D eigenvalue weighted by Gasteiger charge is -2.40. The van der Waals surface area contributed by atoms with E-state index < -0.39 is 19.1 Å². The van der Waals surface area contributed by atoms with Gasteiger partial charge in [-0.1, -0.05) is 12.8 Å². The molecule has 2 aliphatic rings. The van der Waals surface area contributed by atoms with Crippen molar-refractivity contribution in [2.45, 2.75) is 63.1 Å². The predicted octanol–water partition coefficient (Wildman–Crippen LogP) is 2.76. The van der Waals surface area contributed by atoms with Crippen LogP contribution < -0.4 is 0 Å². The summed E-state index contributed by atoms with van der Waals surface area (Å²) in [5.74, 6) is 0.224. The standard InChI is InChI=1S/C14H24F2O3/c15-13(16)10-18-7-4-12(17)11-3-8-19-14(9-11)5-1-2-6-14/h11-13,17H,1-10H2. The average molecular weight is 278 g/mol. The van der Waals surface area contributed by atoms with Crippen molar-refractivity contribution in [3.63, 3.8) is 0 Å². The summed E-state index contributed by atoms with van der Waals surface area (Å²) >= 11 is 0. The Hall–Kier alpha value is -0.260. The molecule has 1 aliphatic heterocycles. The van der Waals surface area contributed by atoms with E-state index in [1.54, 1.807) is 0 Å². The lowest BCUT2D eigenvalue weighted by Crippen LogP contribution is -2.41. The van der Waals surface area contributed by atoms with Crippen molar-refractivity contribution in [1.29, 1.82) is 0 Å². The lowest BCUT2D eigenvalue weighted by molar-refractivity contribution is -0.115. The van der Waals surface area contributed by atoms with Gasteiger partial charge in [-0.2, -0.15) is 0 Å². The molecule has 1 aliphatic carbocycles. The molecule has 112 valence electrons. The first-order chi connectivity index (χ1) is 9.11. The Kier molecular flexibility index (Phi) is 5.54. The molecule has 5 heteroatoms. The molecule has 0 aromatic heterocycles. The number of halogens is 2. The van der Waals surface area contributed by atoms with Gasteiger partial charge < -0.3 is 14.6 Å². The second kappa shape index (κ2) is 6.95. The van der Waals surface area contributed by atoms with E-state index in [1.165, 1.54) is 12.8 Å². The summed E-state index contributed by atoms with van der Waals surface area (Å²) in [7, 11) is 0. The van der Waals surface area contributed by atoms with E-state index in [9.17, 15) is 13.9 Å². The van der Waals surface area contributed by atoms with Gasteiger partial charge in [0.1, 0.15) is 6.61 Å². The van der Waals surface area contributed by atoms with E-state index >= 15 is 0 Å². The van der Waals surface area contributed by atoms with Crippen molar-refractivity contribution < 1.29 is 23.4 Å². The Bertz CT molecular complexity index is 267. The summed E-state index contributed by atoms with van der Waals surface area (Å²) in [6.07, 6.45) is 3.92. The first-order valence-corrected chi connectivity index (χ1v) is 7.29. The molecule has 3 nitrogen and oxygen atoms in total. The molecule has 1 saturated carbocycles. The Balaban J connectivity index is 1.71. The van der Waals surface area contributed by atoms with Crippen molar-refractivity contribution in [2.24, 2.45) is 5.92 Å². The number of hydrogen-bond acceptors (Lipinski definition) is 3. The molecule has 2 unspecified atom stereocenters. The summed E-state index contributed by atoms with van der Waals surface area (Å²) < 4.78 is 34.6. The highest BCUT2D eigenvalue weighted by Gasteiger charge is 2.41.